The monoisotopic (exact) mass is 506 g/mol. The van der Waals surface area contributed by atoms with Crippen molar-refractivity contribution in [2.24, 2.45) is 11.3 Å². The van der Waals surface area contributed by atoms with Crippen LogP contribution >= 0.6 is 11.3 Å². The third kappa shape index (κ3) is 6.73. The number of likely N-dealkylation sites (tertiary alicyclic amines) is 1. The standard InChI is InChI=1S/C25H38N4O5S/c1-25(2,3)23(31)34-15-33-22(30)17-4-6-18(7-5-17)27-24(32)29-12-9-16(10-13-29)21-28-19-8-11-26-14-20(19)35-21/h16-18,26H,4-15H2,1-3H3,(H,27,32)/t17-,18-. The van der Waals surface area contributed by atoms with Crippen LogP contribution in [0.5, 0.6) is 0 Å². The van der Waals surface area contributed by atoms with E-state index in [0.29, 0.717) is 18.8 Å². The van der Waals surface area contributed by atoms with Gasteiger partial charge < -0.3 is 25.0 Å². The Morgan fingerprint density at radius 3 is 2.46 bits per heavy atom. The van der Waals surface area contributed by atoms with Crippen molar-refractivity contribution >= 4 is 29.3 Å². The van der Waals surface area contributed by atoms with E-state index in [2.05, 4.69) is 10.6 Å². The van der Waals surface area contributed by atoms with Crippen molar-refractivity contribution in [3.8, 4) is 0 Å². The summed E-state index contributed by atoms with van der Waals surface area (Å²) in [5.74, 6) is -0.507. The average Bonchev–Trinajstić information content (AvgIpc) is 3.28. The van der Waals surface area contributed by atoms with Crippen LogP contribution in [-0.4, -0.2) is 60.3 Å². The summed E-state index contributed by atoms with van der Waals surface area (Å²) in [6.45, 7) is 8.33. The molecule has 0 bridgehead atoms. The molecule has 35 heavy (non-hydrogen) atoms. The molecule has 194 valence electrons. The SMILES string of the molecule is CC(C)(C)C(=O)OCOC(=O)[C@H]1CC[C@H](NC(=O)N2CCC(c3nc4c(s3)CNCC4)CC2)CC1. The van der Waals surface area contributed by atoms with Crippen molar-refractivity contribution in [3.63, 3.8) is 0 Å². The molecule has 0 unspecified atom stereocenters. The number of esters is 2. The lowest BCUT2D eigenvalue weighted by Gasteiger charge is -2.34. The lowest BCUT2D eigenvalue weighted by molar-refractivity contribution is -0.176. The molecule has 0 spiro atoms. The first-order valence-electron chi connectivity index (χ1n) is 12.8. The van der Waals surface area contributed by atoms with Gasteiger partial charge in [-0.1, -0.05) is 0 Å². The second-order valence-corrected chi connectivity index (χ2v) is 12.0. The van der Waals surface area contributed by atoms with Gasteiger partial charge in [0, 0.05) is 49.4 Å². The minimum atomic E-state index is -0.629. The normalized spacial score (nSPS) is 23.3. The van der Waals surface area contributed by atoms with Gasteiger partial charge in [0.05, 0.1) is 22.0 Å². The number of nitrogens with one attached hydrogen (secondary N) is 2. The number of hydrogen-bond donors (Lipinski definition) is 2. The molecule has 2 N–H and O–H groups in total. The summed E-state index contributed by atoms with van der Waals surface area (Å²) in [5, 5.41) is 7.81. The topological polar surface area (TPSA) is 110 Å². The fourth-order valence-corrected chi connectivity index (χ4v) is 6.11. The predicted octanol–water partition coefficient (Wildman–Crippen LogP) is 3.33. The van der Waals surface area contributed by atoms with Crippen LogP contribution in [0.3, 0.4) is 0 Å². The highest BCUT2D eigenvalue weighted by Crippen LogP contribution is 2.34. The van der Waals surface area contributed by atoms with Crippen LogP contribution in [0.1, 0.15) is 80.8 Å². The highest BCUT2D eigenvalue weighted by Gasteiger charge is 2.32. The van der Waals surface area contributed by atoms with E-state index in [4.69, 9.17) is 14.5 Å². The molecule has 1 aliphatic carbocycles. The lowest BCUT2D eigenvalue weighted by atomic mass is 9.86. The number of carbonyl (C=O) groups excluding carboxylic acids is 3. The van der Waals surface area contributed by atoms with Crippen LogP contribution < -0.4 is 10.6 Å². The molecule has 3 aliphatic rings. The van der Waals surface area contributed by atoms with E-state index in [0.717, 1.165) is 58.3 Å². The van der Waals surface area contributed by atoms with Crippen LogP contribution in [0, 0.1) is 11.3 Å². The Labute approximate surface area is 211 Å². The lowest BCUT2D eigenvalue weighted by Crippen LogP contribution is -2.48. The number of urea groups is 1. The molecule has 0 radical (unpaired) electrons. The number of hydrogen-bond acceptors (Lipinski definition) is 8. The van der Waals surface area contributed by atoms with E-state index in [9.17, 15) is 14.4 Å². The van der Waals surface area contributed by atoms with Crippen LogP contribution in [0.4, 0.5) is 4.79 Å². The van der Waals surface area contributed by atoms with Gasteiger partial charge in [0.1, 0.15) is 0 Å². The molecule has 2 aliphatic heterocycles. The number of carbonyl (C=O) groups is 3. The van der Waals surface area contributed by atoms with Crippen molar-refractivity contribution in [1.29, 1.82) is 0 Å². The van der Waals surface area contributed by atoms with Crippen molar-refractivity contribution in [3.05, 3.63) is 15.6 Å². The molecule has 9 nitrogen and oxygen atoms in total. The van der Waals surface area contributed by atoms with Gasteiger partial charge in [0.15, 0.2) is 0 Å². The number of aromatic nitrogens is 1. The molecule has 1 aromatic rings. The second kappa shape index (κ2) is 11.2. The summed E-state index contributed by atoms with van der Waals surface area (Å²) in [4.78, 5) is 45.1. The largest absolute Gasteiger partial charge is 0.428 e. The minimum absolute atomic E-state index is 0.00815. The molecule has 2 amide bonds. The molecular formula is C25H38N4O5S. The molecule has 0 atom stereocenters. The van der Waals surface area contributed by atoms with E-state index >= 15 is 0 Å². The van der Waals surface area contributed by atoms with Crippen molar-refractivity contribution in [2.45, 2.75) is 84.2 Å². The Kier molecular flexibility index (Phi) is 8.31. The molecule has 1 aromatic heterocycles. The van der Waals surface area contributed by atoms with Crippen LogP contribution in [0.2, 0.25) is 0 Å². The molecule has 1 saturated heterocycles. The Bertz CT molecular complexity index is 888. The maximum Gasteiger partial charge on any atom is 0.317 e. The number of ether oxygens (including phenoxy) is 2. The van der Waals surface area contributed by atoms with Crippen LogP contribution in [0.15, 0.2) is 0 Å². The van der Waals surface area contributed by atoms with Gasteiger partial charge in [0.25, 0.3) is 0 Å². The number of rotatable bonds is 5. The van der Waals surface area contributed by atoms with E-state index in [-0.39, 0.29) is 30.8 Å². The molecule has 10 heteroatoms. The number of amides is 2. The predicted molar refractivity (Wildman–Crippen MR) is 132 cm³/mol. The van der Waals surface area contributed by atoms with Crippen molar-refractivity contribution < 1.29 is 23.9 Å². The Balaban J connectivity index is 1.14. The number of fused-ring (bicyclic) bond motifs is 1. The first-order valence-corrected chi connectivity index (χ1v) is 13.6. The maximum atomic E-state index is 12.8. The van der Waals surface area contributed by atoms with Crippen LogP contribution in [0.25, 0.3) is 0 Å². The fraction of sp³-hybridized carbons (Fsp3) is 0.760. The third-order valence-corrected chi connectivity index (χ3v) is 8.40. The summed E-state index contributed by atoms with van der Waals surface area (Å²) in [6.07, 6.45) is 5.70. The van der Waals surface area contributed by atoms with E-state index in [1.54, 1.807) is 20.8 Å². The summed E-state index contributed by atoms with van der Waals surface area (Å²) < 4.78 is 10.2. The number of thiazole rings is 1. The zero-order valence-electron chi connectivity index (χ0n) is 21.1. The minimum Gasteiger partial charge on any atom is -0.428 e. The summed E-state index contributed by atoms with van der Waals surface area (Å²) in [5.41, 5.74) is 0.630. The molecule has 4 rings (SSSR count). The molecule has 0 aromatic carbocycles. The maximum absolute atomic E-state index is 12.8. The van der Waals surface area contributed by atoms with Crippen molar-refractivity contribution in [1.82, 2.24) is 20.5 Å². The van der Waals surface area contributed by atoms with E-state index in [1.807, 2.05) is 16.2 Å². The first kappa shape index (κ1) is 25.9. The molecular weight excluding hydrogens is 468 g/mol. The zero-order chi connectivity index (χ0) is 25.0. The fourth-order valence-electron chi connectivity index (χ4n) is 4.86. The number of nitrogens with zero attached hydrogens (tertiary/aromatic N) is 2. The van der Waals surface area contributed by atoms with Gasteiger partial charge in [-0.3, -0.25) is 9.59 Å². The second-order valence-electron chi connectivity index (χ2n) is 10.9. The Morgan fingerprint density at radius 2 is 1.80 bits per heavy atom. The Morgan fingerprint density at radius 1 is 1.09 bits per heavy atom. The van der Waals surface area contributed by atoms with Gasteiger partial charge in [-0.25, -0.2) is 9.78 Å². The van der Waals surface area contributed by atoms with Gasteiger partial charge >= 0.3 is 18.0 Å². The highest BCUT2D eigenvalue weighted by atomic mass is 32.1. The van der Waals surface area contributed by atoms with Crippen molar-refractivity contribution in [2.75, 3.05) is 26.4 Å². The summed E-state index contributed by atoms with van der Waals surface area (Å²) >= 11 is 1.83. The molecule has 3 heterocycles. The Hall–Kier alpha value is -2.20. The summed E-state index contributed by atoms with van der Waals surface area (Å²) in [6, 6.07) is 0.0624. The highest BCUT2D eigenvalue weighted by molar-refractivity contribution is 7.11. The third-order valence-electron chi connectivity index (χ3n) is 7.14. The van der Waals surface area contributed by atoms with Gasteiger partial charge in [-0.05, 0) is 59.3 Å². The quantitative estimate of drug-likeness (QED) is 0.466. The molecule has 2 fully saturated rings. The van der Waals surface area contributed by atoms with Gasteiger partial charge in [-0.15, -0.1) is 11.3 Å². The smallest absolute Gasteiger partial charge is 0.317 e. The van der Waals surface area contributed by atoms with Gasteiger partial charge in [-0.2, -0.15) is 0 Å². The van der Waals surface area contributed by atoms with E-state index in [1.165, 1.54) is 15.6 Å². The molecule has 1 saturated carbocycles. The first-order chi connectivity index (χ1) is 16.7. The number of piperidine rings is 1. The van der Waals surface area contributed by atoms with E-state index < -0.39 is 11.4 Å². The summed E-state index contributed by atoms with van der Waals surface area (Å²) in [7, 11) is 0. The zero-order valence-corrected chi connectivity index (χ0v) is 21.9. The average molecular weight is 507 g/mol. The van der Waals surface area contributed by atoms with Crippen LogP contribution in [-0.2, 0) is 32.0 Å². The van der Waals surface area contributed by atoms with Gasteiger partial charge in [0.2, 0.25) is 6.79 Å².